The molecule has 0 radical (unpaired) electrons. The maximum absolute atomic E-state index is 11.6. The molecule has 2 unspecified atom stereocenters. The Bertz CT molecular complexity index is 776. The highest BCUT2D eigenvalue weighted by Crippen LogP contribution is 2.36. The van der Waals surface area contributed by atoms with E-state index >= 15 is 0 Å². The Morgan fingerprint density at radius 2 is 2.08 bits per heavy atom. The molecule has 5 heteroatoms. The minimum Gasteiger partial charge on any atom is -0.481 e. The zero-order chi connectivity index (χ0) is 18.9. The van der Waals surface area contributed by atoms with Crippen LogP contribution in [0.2, 0.25) is 0 Å². The van der Waals surface area contributed by atoms with Crippen LogP contribution in [0, 0.1) is 24.2 Å². The molecular formula is C21H28N2O3. The van der Waals surface area contributed by atoms with Gasteiger partial charge in [0.25, 0.3) is 0 Å². The van der Waals surface area contributed by atoms with Crippen molar-refractivity contribution in [3.05, 3.63) is 41.7 Å². The number of rotatable bonds is 4. The number of aromatic nitrogens is 1. The maximum Gasteiger partial charge on any atom is 0.307 e. The SMILES string of the molecule is Cc1cccc(-c2cc(CN3CC(C(=O)O)CC(C(C)(C)C)C3)on2)c1. The standard InChI is InChI=1S/C21H28N2O3/c1-14-6-5-7-15(8-14)19-10-18(26-22-19)13-23-11-16(20(24)25)9-17(12-23)21(2,3)4/h5-8,10,16-17H,9,11-13H2,1-4H3,(H,24,25). The number of hydrogen-bond donors (Lipinski definition) is 1. The van der Waals surface area contributed by atoms with E-state index < -0.39 is 5.97 Å². The molecule has 1 aliphatic rings. The molecule has 0 amide bonds. The predicted molar refractivity (Wildman–Crippen MR) is 101 cm³/mol. The lowest BCUT2D eigenvalue weighted by molar-refractivity contribution is -0.145. The molecule has 1 saturated heterocycles. The van der Waals surface area contributed by atoms with Crippen molar-refractivity contribution in [3.8, 4) is 11.3 Å². The summed E-state index contributed by atoms with van der Waals surface area (Å²) in [4.78, 5) is 13.8. The average Bonchev–Trinajstić information content (AvgIpc) is 3.02. The predicted octanol–water partition coefficient (Wildman–Crippen LogP) is 4.22. The third-order valence-electron chi connectivity index (χ3n) is 5.35. The first-order chi connectivity index (χ1) is 12.2. The fourth-order valence-corrected chi connectivity index (χ4v) is 3.67. The summed E-state index contributed by atoms with van der Waals surface area (Å²) in [7, 11) is 0. The van der Waals surface area contributed by atoms with Gasteiger partial charge in [-0.05, 0) is 30.7 Å². The van der Waals surface area contributed by atoms with Crippen molar-refractivity contribution in [3.63, 3.8) is 0 Å². The van der Waals surface area contributed by atoms with Crippen LogP contribution in [0.1, 0.15) is 38.5 Å². The lowest BCUT2D eigenvalue weighted by Gasteiger charge is -2.41. The molecule has 140 valence electrons. The lowest BCUT2D eigenvalue weighted by atomic mass is 9.73. The molecule has 1 aromatic heterocycles. The molecule has 26 heavy (non-hydrogen) atoms. The van der Waals surface area contributed by atoms with Gasteiger partial charge in [-0.15, -0.1) is 0 Å². The summed E-state index contributed by atoms with van der Waals surface area (Å²) < 4.78 is 5.54. The van der Waals surface area contributed by atoms with Gasteiger partial charge in [0.05, 0.1) is 12.5 Å². The van der Waals surface area contributed by atoms with Gasteiger partial charge in [0, 0.05) is 24.7 Å². The van der Waals surface area contributed by atoms with Gasteiger partial charge in [-0.25, -0.2) is 0 Å². The highest BCUT2D eigenvalue weighted by Gasteiger charge is 2.37. The van der Waals surface area contributed by atoms with E-state index in [2.05, 4.69) is 49.9 Å². The highest BCUT2D eigenvalue weighted by atomic mass is 16.5. The molecule has 0 aliphatic carbocycles. The van der Waals surface area contributed by atoms with Crippen LogP contribution in [0.15, 0.2) is 34.9 Å². The molecule has 0 spiro atoms. The van der Waals surface area contributed by atoms with Gasteiger partial charge in [0.2, 0.25) is 0 Å². The number of benzene rings is 1. The molecule has 1 N–H and O–H groups in total. The summed E-state index contributed by atoms with van der Waals surface area (Å²) in [5.41, 5.74) is 3.12. The third kappa shape index (κ3) is 4.33. The van der Waals surface area contributed by atoms with Crippen LogP contribution >= 0.6 is 0 Å². The van der Waals surface area contributed by atoms with Gasteiger partial charge >= 0.3 is 5.97 Å². The molecule has 1 aliphatic heterocycles. The lowest BCUT2D eigenvalue weighted by Crippen LogP contribution is -2.46. The second-order valence-corrected chi connectivity index (χ2v) is 8.58. The first kappa shape index (κ1) is 18.6. The fraction of sp³-hybridized carbons (Fsp3) is 0.524. The zero-order valence-corrected chi connectivity index (χ0v) is 16.0. The van der Waals surface area contributed by atoms with Crippen molar-refractivity contribution in [1.82, 2.24) is 10.1 Å². The highest BCUT2D eigenvalue weighted by molar-refractivity contribution is 5.70. The normalized spacial score (nSPS) is 21.7. The van der Waals surface area contributed by atoms with Crippen LogP contribution in [0.25, 0.3) is 11.3 Å². The van der Waals surface area contributed by atoms with E-state index in [9.17, 15) is 9.90 Å². The molecule has 1 fully saturated rings. The van der Waals surface area contributed by atoms with E-state index in [0.717, 1.165) is 30.0 Å². The summed E-state index contributed by atoms with van der Waals surface area (Å²) in [6.07, 6.45) is 0.736. The molecule has 1 aromatic carbocycles. The van der Waals surface area contributed by atoms with E-state index in [1.54, 1.807) is 0 Å². The monoisotopic (exact) mass is 356 g/mol. The van der Waals surface area contributed by atoms with Crippen molar-refractivity contribution in [2.45, 2.75) is 40.7 Å². The minimum absolute atomic E-state index is 0.0838. The van der Waals surface area contributed by atoms with E-state index in [1.807, 2.05) is 18.2 Å². The molecule has 3 rings (SSSR count). The van der Waals surface area contributed by atoms with Gasteiger partial charge in [-0.1, -0.05) is 49.7 Å². The van der Waals surface area contributed by atoms with Crippen molar-refractivity contribution < 1.29 is 14.4 Å². The minimum atomic E-state index is -0.707. The smallest absolute Gasteiger partial charge is 0.307 e. The number of carboxylic acids is 1. The Hall–Kier alpha value is -2.14. The van der Waals surface area contributed by atoms with Gasteiger partial charge in [0.15, 0.2) is 5.76 Å². The van der Waals surface area contributed by atoms with E-state index in [0.29, 0.717) is 19.0 Å². The van der Waals surface area contributed by atoms with Crippen LogP contribution in [-0.2, 0) is 11.3 Å². The van der Waals surface area contributed by atoms with Crippen molar-refractivity contribution in [1.29, 1.82) is 0 Å². The molecule has 2 heterocycles. The molecular weight excluding hydrogens is 328 g/mol. The second-order valence-electron chi connectivity index (χ2n) is 8.58. The molecule has 5 nitrogen and oxygen atoms in total. The first-order valence-corrected chi connectivity index (χ1v) is 9.20. The van der Waals surface area contributed by atoms with Crippen molar-refractivity contribution >= 4 is 5.97 Å². The quantitative estimate of drug-likeness (QED) is 0.888. The number of carboxylic acid groups (broad SMARTS) is 1. The number of hydrogen-bond acceptors (Lipinski definition) is 4. The van der Waals surface area contributed by atoms with Gasteiger partial charge < -0.3 is 9.63 Å². The van der Waals surface area contributed by atoms with Crippen LogP contribution in [-0.4, -0.2) is 34.2 Å². The summed E-state index contributed by atoms with van der Waals surface area (Å²) in [5.74, 6) is 0.0887. The fourth-order valence-electron chi connectivity index (χ4n) is 3.67. The van der Waals surface area contributed by atoms with Crippen molar-refractivity contribution in [2.75, 3.05) is 13.1 Å². The topological polar surface area (TPSA) is 66.6 Å². The average molecular weight is 356 g/mol. The number of carbonyl (C=O) groups is 1. The third-order valence-corrected chi connectivity index (χ3v) is 5.35. The number of aliphatic carboxylic acids is 1. The van der Waals surface area contributed by atoms with E-state index in [-0.39, 0.29) is 11.3 Å². The number of aryl methyl sites for hydroxylation is 1. The summed E-state index contributed by atoms with van der Waals surface area (Å²) in [6.45, 7) is 10.6. The Morgan fingerprint density at radius 3 is 2.73 bits per heavy atom. The van der Waals surface area contributed by atoms with Gasteiger partial charge in [-0.3, -0.25) is 9.69 Å². The Morgan fingerprint density at radius 1 is 1.31 bits per heavy atom. The maximum atomic E-state index is 11.6. The number of likely N-dealkylation sites (tertiary alicyclic amines) is 1. The Labute approximate surface area is 155 Å². The summed E-state index contributed by atoms with van der Waals surface area (Å²) in [6, 6.07) is 10.1. The van der Waals surface area contributed by atoms with E-state index in [4.69, 9.17) is 4.52 Å². The van der Waals surface area contributed by atoms with Crippen molar-refractivity contribution in [2.24, 2.45) is 17.3 Å². The zero-order valence-electron chi connectivity index (χ0n) is 16.0. The number of piperidine rings is 1. The van der Waals surface area contributed by atoms with Crippen LogP contribution in [0.4, 0.5) is 0 Å². The van der Waals surface area contributed by atoms with Crippen LogP contribution in [0.5, 0.6) is 0 Å². The Kier molecular flexibility index (Phi) is 5.19. The van der Waals surface area contributed by atoms with Crippen LogP contribution < -0.4 is 0 Å². The van der Waals surface area contributed by atoms with Gasteiger partial charge in [-0.2, -0.15) is 0 Å². The largest absolute Gasteiger partial charge is 0.481 e. The molecule has 2 atom stereocenters. The summed E-state index contributed by atoms with van der Waals surface area (Å²) >= 11 is 0. The molecule has 0 saturated carbocycles. The first-order valence-electron chi connectivity index (χ1n) is 9.20. The van der Waals surface area contributed by atoms with E-state index in [1.165, 1.54) is 5.56 Å². The molecule has 0 bridgehead atoms. The Balaban J connectivity index is 1.74. The van der Waals surface area contributed by atoms with Gasteiger partial charge in [0.1, 0.15) is 5.69 Å². The van der Waals surface area contributed by atoms with Crippen LogP contribution in [0.3, 0.4) is 0 Å². The summed E-state index contributed by atoms with van der Waals surface area (Å²) in [5, 5.41) is 13.7. The second kappa shape index (κ2) is 7.23. The molecule has 2 aromatic rings. The number of nitrogens with zero attached hydrogens (tertiary/aromatic N) is 2.